The predicted molar refractivity (Wildman–Crippen MR) is 85.0 cm³/mol. The summed E-state index contributed by atoms with van der Waals surface area (Å²) in [6.45, 7) is 0. The largest absolute Gasteiger partial charge is 0.373 e. The van der Waals surface area contributed by atoms with Crippen molar-refractivity contribution >= 4 is 33.2 Å². The van der Waals surface area contributed by atoms with Gasteiger partial charge < -0.3 is 10.6 Å². The highest BCUT2D eigenvalue weighted by atomic mass is 79.9. The first-order valence-electron chi connectivity index (χ1n) is 6.52. The summed E-state index contributed by atoms with van der Waals surface area (Å²) in [7, 11) is 0. The van der Waals surface area contributed by atoms with E-state index in [0.717, 1.165) is 15.7 Å². The fourth-order valence-electron chi connectivity index (χ4n) is 2.39. The van der Waals surface area contributed by atoms with E-state index in [-0.39, 0.29) is 11.9 Å². The molecule has 0 saturated heterocycles. The van der Waals surface area contributed by atoms with Crippen molar-refractivity contribution in [3.05, 3.63) is 58.1 Å². The minimum atomic E-state index is -0.308. The number of nitriles is 1. The molecular weight excluding hydrogens is 330 g/mol. The molecule has 2 N–H and O–H groups in total. The molecule has 0 bridgehead atoms. The number of carbonyl (C=O) groups is 1. The molecule has 0 aromatic heterocycles. The first kappa shape index (κ1) is 13.7. The normalized spacial score (nSPS) is 15.7. The van der Waals surface area contributed by atoms with Gasteiger partial charge in [-0.05, 0) is 29.8 Å². The molecule has 1 heterocycles. The van der Waals surface area contributed by atoms with E-state index in [9.17, 15) is 4.79 Å². The topological polar surface area (TPSA) is 64.9 Å². The third-order valence-electron chi connectivity index (χ3n) is 3.45. The highest BCUT2D eigenvalue weighted by Gasteiger charge is 2.26. The van der Waals surface area contributed by atoms with E-state index < -0.39 is 0 Å². The molecule has 4 nitrogen and oxygen atoms in total. The Bertz CT molecular complexity index is 726. The van der Waals surface area contributed by atoms with Crippen molar-refractivity contribution in [1.82, 2.24) is 0 Å². The van der Waals surface area contributed by atoms with Crippen molar-refractivity contribution in [2.75, 3.05) is 10.6 Å². The van der Waals surface area contributed by atoms with Crippen LogP contribution >= 0.6 is 15.9 Å². The molecule has 0 aliphatic carbocycles. The number of nitrogens with one attached hydrogen (secondary N) is 2. The Kier molecular flexibility index (Phi) is 3.63. The minimum absolute atomic E-state index is 0.134. The van der Waals surface area contributed by atoms with Crippen LogP contribution in [0.15, 0.2) is 46.9 Å². The van der Waals surface area contributed by atoms with Gasteiger partial charge >= 0.3 is 0 Å². The standard InChI is InChI=1S/C16H12BrN3O/c17-12-5-6-14(11(7-12)9-18)20-16(21)15-8-10-3-1-2-4-13(10)19-15/h1-7,15,19H,8H2,(H,20,21)/t15-/m0/s1. The number of fused-ring (bicyclic) bond motifs is 1. The molecule has 1 aliphatic heterocycles. The van der Waals surface area contributed by atoms with Crippen LogP contribution in [0.5, 0.6) is 0 Å². The lowest BCUT2D eigenvalue weighted by Crippen LogP contribution is -2.33. The number of benzene rings is 2. The Hall–Kier alpha value is -2.32. The monoisotopic (exact) mass is 341 g/mol. The Labute approximate surface area is 130 Å². The minimum Gasteiger partial charge on any atom is -0.373 e. The van der Waals surface area contributed by atoms with Crippen LogP contribution in [-0.2, 0) is 11.2 Å². The third kappa shape index (κ3) is 2.76. The van der Waals surface area contributed by atoms with Crippen LogP contribution in [0.1, 0.15) is 11.1 Å². The summed E-state index contributed by atoms with van der Waals surface area (Å²) in [4.78, 5) is 12.3. The summed E-state index contributed by atoms with van der Waals surface area (Å²) in [5, 5.41) is 15.1. The lowest BCUT2D eigenvalue weighted by molar-refractivity contribution is -0.116. The maximum Gasteiger partial charge on any atom is 0.247 e. The van der Waals surface area contributed by atoms with Gasteiger partial charge in [-0.3, -0.25) is 4.79 Å². The smallest absolute Gasteiger partial charge is 0.247 e. The number of carbonyl (C=O) groups excluding carboxylic acids is 1. The lowest BCUT2D eigenvalue weighted by atomic mass is 10.1. The number of para-hydroxylation sites is 1. The van der Waals surface area contributed by atoms with E-state index in [2.05, 4.69) is 32.6 Å². The first-order valence-corrected chi connectivity index (χ1v) is 7.31. The molecule has 5 heteroatoms. The Balaban J connectivity index is 1.76. The number of nitrogens with zero attached hydrogens (tertiary/aromatic N) is 1. The summed E-state index contributed by atoms with van der Waals surface area (Å²) in [5.41, 5.74) is 3.10. The summed E-state index contributed by atoms with van der Waals surface area (Å²) in [6.07, 6.45) is 0.653. The maximum atomic E-state index is 12.3. The van der Waals surface area contributed by atoms with Gasteiger partial charge in [-0.15, -0.1) is 0 Å². The second kappa shape index (κ2) is 5.58. The maximum absolute atomic E-state index is 12.3. The number of hydrogen-bond donors (Lipinski definition) is 2. The van der Waals surface area contributed by atoms with E-state index >= 15 is 0 Å². The van der Waals surface area contributed by atoms with Gasteiger partial charge in [-0.2, -0.15) is 5.26 Å². The van der Waals surface area contributed by atoms with Gasteiger partial charge in [-0.25, -0.2) is 0 Å². The van der Waals surface area contributed by atoms with Gasteiger partial charge in [0, 0.05) is 16.6 Å². The number of rotatable bonds is 2. The molecule has 0 fully saturated rings. The van der Waals surface area contributed by atoms with Crippen molar-refractivity contribution in [1.29, 1.82) is 5.26 Å². The molecule has 0 unspecified atom stereocenters. The van der Waals surface area contributed by atoms with E-state index in [1.54, 1.807) is 18.2 Å². The van der Waals surface area contributed by atoms with Crippen molar-refractivity contribution in [2.45, 2.75) is 12.5 Å². The second-order valence-electron chi connectivity index (χ2n) is 4.85. The summed E-state index contributed by atoms with van der Waals surface area (Å²) < 4.78 is 0.809. The van der Waals surface area contributed by atoms with Crippen molar-refractivity contribution < 1.29 is 4.79 Å². The Morgan fingerprint density at radius 3 is 2.90 bits per heavy atom. The van der Waals surface area contributed by atoms with Crippen LogP contribution in [0, 0.1) is 11.3 Å². The molecule has 2 aromatic rings. The summed E-state index contributed by atoms with van der Waals surface area (Å²) in [5.74, 6) is -0.134. The summed E-state index contributed by atoms with van der Waals surface area (Å²) >= 11 is 3.31. The zero-order valence-electron chi connectivity index (χ0n) is 11.1. The average molecular weight is 342 g/mol. The highest BCUT2D eigenvalue weighted by Crippen LogP contribution is 2.26. The molecule has 3 rings (SSSR count). The fraction of sp³-hybridized carbons (Fsp3) is 0.125. The van der Waals surface area contributed by atoms with Crippen molar-refractivity contribution in [3.8, 4) is 6.07 Å². The lowest BCUT2D eigenvalue weighted by Gasteiger charge is -2.13. The quantitative estimate of drug-likeness (QED) is 0.880. The van der Waals surface area contributed by atoms with E-state index in [1.165, 1.54) is 0 Å². The van der Waals surface area contributed by atoms with Crippen molar-refractivity contribution in [2.24, 2.45) is 0 Å². The van der Waals surface area contributed by atoms with Gasteiger partial charge in [0.15, 0.2) is 0 Å². The molecule has 1 amide bonds. The number of anilines is 2. The molecule has 0 spiro atoms. The first-order chi connectivity index (χ1) is 10.2. The fourth-order valence-corrected chi connectivity index (χ4v) is 2.75. The zero-order chi connectivity index (χ0) is 14.8. The van der Waals surface area contributed by atoms with E-state index in [4.69, 9.17) is 5.26 Å². The van der Waals surface area contributed by atoms with Crippen LogP contribution < -0.4 is 10.6 Å². The Morgan fingerprint density at radius 2 is 2.14 bits per heavy atom. The summed E-state index contributed by atoms with van der Waals surface area (Å²) in [6, 6.07) is 14.9. The van der Waals surface area contributed by atoms with Gasteiger partial charge in [-0.1, -0.05) is 34.1 Å². The van der Waals surface area contributed by atoms with E-state index in [1.807, 2.05) is 24.3 Å². The molecule has 21 heavy (non-hydrogen) atoms. The SMILES string of the molecule is N#Cc1cc(Br)ccc1NC(=O)[C@@H]1Cc2ccccc2N1. The van der Waals surface area contributed by atoms with Crippen LogP contribution in [0.25, 0.3) is 0 Å². The van der Waals surface area contributed by atoms with Gasteiger partial charge in [0.1, 0.15) is 12.1 Å². The van der Waals surface area contributed by atoms with Crippen LogP contribution in [0.3, 0.4) is 0 Å². The van der Waals surface area contributed by atoms with E-state index in [0.29, 0.717) is 17.7 Å². The molecule has 0 saturated carbocycles. The van der Waals surface area contributed by atoms with Gasteiger partial charge in [0.2, 0.25) is 5.91 Å². The molecule has 0 radical (unpaired) electrons. The number of halogens is 1. The molecular formula is C16H12BrN3O. The van der Waals surface area contributed by atoms with Crippen LogP contribution in [0.4, 0.5) is 11.4 Å². The molecule has 1 atom stereocenters. The van der Waals surface area contributed by atoms with Gasteiger partial charge in [0.25, 0.3) is 0 Å². The van der Waals surface area contributed by atoms with Crippen LogP contribution in [0.2, 0.25) is 0 Å². The molecule has 1 aliphatic rings. The van der Waals surface area contributed by atoms with Crippen molar-refractivity contribution in [3.63, 3.8) is 0 Å². The zero-order valence-corrected chi connectivity index (χ0v) is 12.6. The van der Waals surface area contributed by atoms with Gasteiger partial charge in [0.05, 0.1) is 11.3 Å². The Morgan fingerprint density at radius 1 is 1.33 bits per heavy atom. The molecule has 104 valence electrons. The number of hydrogen-bond acceptors (Lipinski definition) is 3. The predicted octanol–water partition coefficient (Wildman–Crippen LogP) is 3.30. The second-order valence-corrected chi connectivity index (χ2v) is 5.76. The average Bonchev–Trinajstić information content (AvgIpc) is 2.93. The highest BCUT2D eigenvalue weighted by molar-refractivity contribution is 9.10. The third-order valence-corrected chi connectivity index (χ3v) is 3.94. The van der Waals surface area contributed by atoms with Crippen LogP contribution in [-0.4, -0.2) is 11.9 Å². The number of amides is 1. The molecule has 2 aromatic carbocycles.